The van der Waals surface area contributed by atoms with Crippen LogP contribution in [0.3, 0.4) is 0 Å². The van der Waals surface area contributed by atoms with Crippen molar-refractivity contribution in [1.29, 1.82) is 0 Å². The lowest BCUT2D eigenvalue weighted by Crippen LogP contribution is -2.51. The van der Waals surface area contributed by atoms with Gasteiger partial charge in [0.2, 0.25) is 0 Å². The van der Waals surface area contributed by atoms with Crippen LogP contribution in [0.5, 0.6) is 0 Å². The molecule has 0 atom stereocenters. The molecule has 0 aliphatic heterocycles. The van der Waals surface area contributed by atoms with Crippen molar-refractivity contribution in [3.63, 3.8) is 0 Å². The van der Waals surface area contributed by atoms with E-state index in [4.69, 9.17) is 0 Å². The summed E-state index contributed by atoms with van der Waals surface area (Å²) in [5.74, 6) is 0.109. The van der Waals surface area contributed by atoms with Crippen LogP contribution in [-0.2, 0) is 4.79 Å². The van der Waals surface area contributed by atoms with Gasteiger partial charge in [0.25, 0.3) is 5.91 Å². The maximum atomic E-state index is 12.1. The first-order valence-electron chi connectivity index (χ1n) is 6.85. The third-order valence-corrected chi connectivity index (χ3v) is 4.71. The molecular weight excluding hydrogens is 351 g/mol. The molecule has 104 valence electrons. The van der Waals surface area contributed by atoms with Crippen LogP contribution >= 0.6 is 22.6 Å². The zero-order valence-corrected chi connectivity index (χ0v) is 13.8. The Morgan fingerprint density at radius 2 is 1.84 bits per heavy atom. The molecule has 0 radical (unpaired) electrons. The van der Waals surface area contributed by atoms with Crippen molar-refractivity contribution >= 4 is 34.2 Å². The summed E-state index contributed by atoms with van der Waals surface area (Å²) in [6.45, 7) is 0.552. The smallest absolute Gasteiger partial charge is 0.279 e. The number of nitrogens with zero attached hydrogens (tertiary/aromatic N) is 1. The van der Waals surface area contributed by atoms with E-state index in [9.17, 15) is 4.79 Å². The summed E-state index contributed by atoms with van der Waals surface area (Å²) in [4.78, 5) is 12.1. The van der Waals surface area contributed by atoms with Gasteiger partial charge in [-0.1, -0.05) is 0 Å². The van der Waals surface area contributed by atoms with Gasteiger partial charge in [0, 0.05) is 9.26 Å². The van der Waals surface area contributed by atoms with E-state index < -0.39 is 0 Å². The minimum atomic E-state index is 0.109. The molecular formula is C15H22IN2O+. The fraction of sp³-hybridized carbons (Fsp3) is 0.533. The lowest BCUT2D eigenvalue weighted by Gasteiger charge is -2.35. The number of likely N-dealkylation sites (N-methyl/N-ethyl adjacent to an activating group) is 1. The first-order valence-corrected chi connectivity index (χ1v) is 7.93. The van der Waals surface area contributed by atoms with Crippen LogP contribution < -0.4 is 5.32 Å². The number of carbonyl (C=O) groups excluding carboxylic acids is 1. The predicted molar refractivity (Wildman–Crippen MR) is 87.0 cm³/mol. The third kappa shape index (κ3) is 4.18. The molecule has 1 aliphatic rings. The van der Waals surface area contributed by atoms with Crippen LogP contribution in [0.25, 0.3) is 0 Å². The first-order chi connectivity index (χ1) is 8.97. The number of benzene rings is 1. The number of anilines is 1. The lowest BCUT2D eigenvalue weighted by molar-refractivity contribution is -0.906. The highest BCUT2D eigenvalue weighted by Gasteiger charge is 2.32. The standard InChI is InChI=1S/C15H21IN2O/c1-18(2,14-5-3-4-6-14)11-15(19)17-13-9-7-12(16)8-10-13/h7-10,14H,3-6,11H2,1-2H3/p+1. The number of amides is 1. The molecule has 4 heteroatoms. The Hall–Kier alpha value is -0.620. The van der Waals surface area contributed by atoms with E-state index in [2.05, 4.69) is 42.0 Å². The number of halogens is 1. The molecule has 0 bridgehead atoms. The molecule has 0 spiro atoms. The van der Waals surface area contributed by atoms with E-state index in [1.807, 2.05) is 24.3 Å². The average molecular weight is 373 g/mol. The third-order valence-electron chi connectivity index (χ3n) is 3.99. The van der Waals surface area contributed by atoms with Gasteiger partial charge in [0.15, 0.2) is 6.54 Å². The monoisotopic (exact) mass is 373 g/mol. The van der Waals surface area contributed by atoms with Gasteiger partial charge in [-0.15, -0.1) is 0 Å². The molecule has 1 aromatic carbocycles. The fourth-order valence-corrected chi connectivity index (χ4v) is 3.20. The molecule has 1 aliphatic carbocycles. The largest absolute Gasteiger partial charge is 0.321 e. The minimum absolute atomic E-state index is 0.109. The van der Waals surface area contributed by atoms with Crippen LogP contribution in [0.4, 0.5) is 5.69 Å². The molecule has 1 fully saturated rings. The van der Waals surface area contributed by atoms with Gasteiger partial charge in [-0.3, -0.25) is 4.79 Å². The van der Waals surface area contributed by atoms with E-state index in [1.165, 1.54) is 29.3 Å². The Morgan fingerprint density at radius 3 is 2.42 bits per heavy atom. The topological polar surface area (TPSA) is 29.1 Å². The molecule has 2 rings (SSSR count). The molecule has 0 heterocycles. The van der Waals surface area contributed by atoms with Gasteiger partial charge in [0.1, 0.15) is 0 Å². The summed E-state index contributed by atoms with van der Waals surface area (Å²) < 4.78 is 1.98. The van der Waals surface area contributed by atoms with Crippen LogP contribution in [-0.4, -0.2) is 37.1 Å². The van der Waals surface area contributed by atoms with Crippen molar-refractivity contribution in [1.82, 2.24) is 0 Å². The van der Waals surface area contributed by atoms with Crippen LogP contribution in [0.15, 0.2) is 24.3 Å². The molecule has 3 nitrogen and oxygen atoms in total. The maximum Gasteiger partial charge on any atom is 0.279 e. The van der Waals surface area contributed by atoms with Gasteiger partial charge in [-0.05, 0) is 72.5 Å². The Balaban J connectivity index is 1.91. The maximum absolute atomic E-state index is 12.1. The molecule has 1 N–H and O–H groups in total. The van der Waals surface area contributed by atoms with Gasteiger partial charge < -0.3 is 9.80 Å². The number of nitrogens with one attached hydrogen (secondary N) is 1. The van der Waals surface area contributed by atoms with Gasteiger partial charge >= 0.3 is 0 Å². The minimum Gasteiger partial charge on any atom is -0.321 e. The van der Waals surface area contributed by atoms with Crippen molar-refractivity contribution in [2.45, 2.75) is 31.7 Å². The quantitative estimate of drug-likeness (QED) is 0.637. The zero-order chi connectivity index (χ0) is 13.9. The molecule has 0 saturated heterocycles. The molecule has 1 aromatic rings. The van der Waals surface area contributed by atoms with Gasteiger partial charge in [-0.2, -0.15) is 0 Å². The highest BCUT2D eigenvalue weighted by molar-refractivity contribution is 14.1. The highest BCUT2D eigenvalue weighted by Crippen LogP contribution is 2.26. The van der Waals surface area contributed by atoms with Crippen LogP contribution in [0, 0.1) is 3.57 Å². The summed E-state index contributed by atoms with van der Waals surface area (Å²) in [5.41, 5.74) is 0.886. The normalized spacial score (nSPS) is 16.6. The second-order valence-electron chi connectivity index (χ2n) is 5.93. The van der Waals surface area contributed by atoms with Crippen LogP contribution in [0.2, 0.25) is 0 Å². The van der Waals surface area contributed by atoms with Gasteiger partial charge in [0.05, 0.1) is 20.1 Å². The van der Waals surface area contributed by atoms with Crippen molar-refractivity contribution in [3.8, 4) is 0 Å². The molecule has 1 saturated carbocycles. The Kier molecular flexibility index (Phi) is 4.84. The molecule has 0 unspecified atom stereocenters. The fourth-order valence-electron chi connectivity index (χ4n) is 2.84. The molecule has 0 aromatic heterocycles. The number of rotatable bonds is 4. The van der Waals surface area contributed by atoms with Crippen molar-refractivity contribution < 1.29 is 9.28 Å². The highest BCUT2D eigenvalue weighted by atomic mass is 127. The van der Waals surface area contributed by atoms with Crippen molar-refractivity contribution in [3.05, 3.63) is 27.8 Å². The van der Waals surface area contributed by atoms with E-state index in [-0.39, 0.29) is 5.91 Å². The Labute approximate surface area is 129 Å². The molecule has 1 amide bonds. The number of hydrogen-bond donors (Lipinski definition) is 1. The Bertz CT molecular complexity index is 436. The SMILES string of the molecule is C[N+](C)(CC(=O)Nc1ccc(I)cc1)C1CCCC1. The van der Waals surface area contributed by atoms with Crippen LogP contribution in [0.1, 0.15) is 25.7 Å². The average Bonchev–Trinajstić information content (AvgIpc) is 2.85. The molecule has 19 heavy (non-hydrogen) atoms. The zero-order valence-electron chi connectivity index (χ0n) is 11.7. The van der Waals surface area contributed by atoms with Crippen molar-refractivity contribution in [2.75, 3.05) is 26.0 Å². The lowest BCUT2D eigenvalue weighted by atomic mass is 10.2. The first kappa shape index (κ1) is 14.8. The van der Waals surface area contributed by atoms with Gasteiger partial charge in [-0.25, -0.2) is 0 Å². The van der Waals surface area contributed by atoms with E-state index in [1.54, 1.807) is 0 Å². The summed E-state index contributed by atoms with van der Waals surface area (Å²) in [6.07, 6.45) is 5.13. The summed E-state index contributed by atoms with van der Waals surface area (Å²) in [5, 5.41) is 2.99. The number of hydrogen-bond acceptors (Lipinski definition) is 1. The number of quaternary nitrogens is 1. The summed E-state index contributed by atoms with van der Waals surface area (Å²) >= 11 is 2.26. The van der Waals surface area contributed by atoms with E-state index >= 15 is 0 Å². The second kappa shape index (κ2) is 6.22. The Morgan fingerprint density at radius 1 is 1.26 bits per heavy atom. The second-order valence-corrected chi connectivity index (χ2v) is 7.18. The summed E-state index contributed by atoms with van der Waals surface area (Å²) in [6, 6.07) is 8.56. The summed E-state index contributed by atoms with van der Waals surface area (Å²) in [7, 11) is 4.34. The van der Waals surface area contributed by atoms with E-state index in [0.717, 1.165) is 10.2 Å². The van der Waals surface area contributed by atoms with Crippen molar-refractivity contribution in [2.24, 2.45) is 0 Å². The van der Waals surface area contributed by atoms with E-state index in [0.29, 0.717) is 12.6 Å². The number of carbonyl (C=O) groups is 1. The predicted octanol–water partition coefficient (Wildman–Crippen LogP) is 3.25.